The molecule has 0 bridgehead atoms. The molecule has 0 aliphatic carbocycles. The maximum absolute atomic E-state index is 13.0. The summed E-state index contributed by atoms with van der Waals surface area (Å²) in [5, 5.41) is 0.584. The molecule has 0 atom stereocenters. The van der Waals surface area contributed by atoms with Gasteiger partial charge in [0, 0.05) is 29.2 Å². The predicted molar refractivity (Wildman–Crippen MR) is 107 cm³/mol. The van der Waals surface area contributed by atoms with Crippen LogP contribution >= 0.6 is 11.6 Å². The van der Waals surface area contributed by atoms with E-state index < -0.39 is 0 Å². The van der Waals surface area contributed by atoms with E-state index in [0.29, 0.717) is 17.3 Å². The summed E-state index contributed by atoms with van der Waals surface area (Å²) in [7, 11) is 0. The van der Waals surface area contributed by atoms with Gasteiger partial charge < -0.3 is 9.14 Å². The first kappa shape index (κ1) is 17.4. The average Bonchev–Trinajstić information content (AvgIpc) is 3.10. The van der Waals surface area contributed by atoms with Crippen LogP contribution < -0.4 is 10.3 Å². The molecule has 0 fully saturated rings. The highest BCUT2D eigenvalue weighted by molar-refractivity contribution is 6.30. The van der Waals surface area contributed by atoms with Crippen molar-refractivity contribution in [2.24, 2.45) is 0 Å². The van der Waals surface area contributed by atoms with Crippen LogP contribution in [-0.2, 0) is 0 Å². The second kappa shape index (κ2) is 6.93. The number of aromatic nitrogens is 3. The molecule has 0 spiro atoms. The Morgan fingerprint density at radius 3 is 2.63 bits per heavy atom. The monoisotopic (exact) mass is 379 g/mol. The van der Waals surface area contributed by atoms with Gasteiger partial charge in [0.2, 0.25) is 5.65 Å². The van der Waals surface area contributed by atoms with Gasteiger partial charge in [-0.15, -0.1) is 0 Å². The lowest BCUT2D eigenvalue weighted by molar-refractivity contribution is 0.340. The van der Waals surface area contributed by atoms with E-state index in [1.165, 1.54) is 0 Å². The molecule has 0 N–H and O–H groups in total. The zero-order valence-electron chi connectivity index (χ0n) is 15.0. The van der Waals surface area contributed by atoms with Crippen molar-refractivity contribution in [1.82, 2.24) is 14.0 Å². The van der Waals surface area contributed by atoms with Crippen molar-refractivity contribution in [3.63, 3.8) is 0 Å². The Hall–Kier alpha value is -3.05. The molecule has 2 heterocycles. The lowest BCUT2D eigenvalue weighted by Gasteiger charge is -2.09. The van der Waals surface area contributed by atoms with E-state index in [0.717, 1.165) is 28.3 Å². The first-order valence-corrected chi connectivity index (χ1v) is 9.05. The van der Waals surface area contributed by atoms with Gasteiger partial charge in [-0.3, -0.25) is 9.36 Å². The molecule has 4 rings (SSSR count). The first-order chi connectivity index (χ1) is 13.1. The lowest BCUT2D eigenvalue weighted by atomic mass is 10.2. The highest BCUT2D eigenvalue weighted by Crippen LogP contribution is 2.22. The zero-order chi connectivity index (χ0) is 19.0. The fourth-order valence-corrected chi connectivity index (χ4v) is 3.21. The van der Waals surface area contributed by atoms with E-state index in [4.69, 9.17) is 16.3 Å². The predicted octanol–water partition coefficient (Wildman–Crippen LogP) is 4.51. The van der Waals surface area contributed by atoms with Crippen molar-refractivity contribution in [2.75, 3.05) is 6.61 Å². The molecule has 27 heavy (non-hydrogen) atoms. The molecule has 2 aromatic carbocycles. The van der Waals surface area contributed by atoms with Crippen molar-refractivity contribution < 1.29 is 4.74 Å². The summed E-state index contributed by atoms with van der Waals surface area (Å²) >= 11 is 6.11. The first-order valence-electron chi connectivity index (χ1n) is 8.67. The Kier molecular flexibility index (Phi) is 4.46. The summed E-state index contributed by atoms with van der Waals surface area (Å²) in [6.07, 6.45) is 5.40. The van der Waals surface area contributed by atoms with Crippen LogP contribution in [0.5, 0.6) is 5.75 Å². The van der Waals surface area contributed by atoms with Gasteiger partial charge >= 0.3 is 0 Å². The number of rotatable bonds is 4. The minimum absolute atomic E-state index is 0.194. The minimum Gasteiger partial charge on any atom is -0.494 e. The summed E-state index contributed by atoms with van der Waals surface area (Å²) in [6, 6.07) is 13.2. The summed E-state index contributed by atoms with van der Waals surface area (Å²) in [4.78, 5) is 17.5. The molecular weight excluding hydrogens is 362 g/mol. The number of ether oxygens (including phenoxy) is 1. The number of imidazole rings is 1. The van der Waals surface area contributed by atoms with Crippen LogP contribution in [0.15, 0.2) is 65.8 Å². The molecule has 0 saturated carbocycles. The van der Waals surface area contributed by atoms with Crippen LogP contribution in [0.2, 0.25) is 5.02 Å². The molecule has 0 aliphatic heterocycles. The van der Waals surface area contributed by atoms with E-state index in [-0.39, 0.29) is 5.56 Å². The van der Waals surface area contributed by atoms with Gasteiger partial charge in [-0.25, -0.2) is 4.98 Å². The van der Waals surface area contributed by atoms with Crippen LogP contribution in [0, 0.1) is 6.92 Å². The van der Waals surface area contributed by atoms with E-state index in [9.17, 15) is 4.79 Å². The fourth-order valence-electron chi connectivity index (χ4n) is 3.04. The second-order valence-electron chi connectivity index (χ2n) is 6.22. The molecule has 2 aromatic heterocycles. The number of aryl methyl sites for hydroxylation is 1. The Balaban J connectivity index is 1.80. The summed E-state index contributed by atoms with van der Waals surface area (Å²) < 4.78 is 8.79. The quantitative estimate of drug-likeness (QED) is 0.524. The molecule has 4 aromatic rings. The minimum atomic E-state index is -0.194. The number of halogens is 1. The van der Waals surface area contributed by atoms with Crippen LogP contribution in [0.3, 0.4) is 0 Å². The topological polar surface area (TPSA) is 48.5 Å². The molecule has 5 nitrogen and oxygen atoms in total. The molecule has 136 valence electrons. The van der Waals surface area contributed by atoms with Crippen LogP contribution in [0.1, 0.15) is 12.5 Å². The van der Waals surface area contributed by atoms with Crippen LogP contribution in [0.25, 0.3) is 22.6 Å². The van der Waals surface area contributed by atoms with Crippen LogP contribution in [0.4, 0.5) is 0 Å². The number of nitrogens with zero attached hydrogens (tertiary/aromatic N) is 3. The van der Waals surface area contributed by atoms with Crippen molar-refractivity contribution in [1.29, 1.82) is 0 Å². The van der Waals surface area contributed by atoms with Crippen molar-refractivity contribution >= 4 is 17.2 Å². The lowest BCUT2D eigenvalue weighted by Crippen LogP contribution is -2.20. The molecule has 6 heteroatoms. The van der Waals surface area contributed by atoms with Crippen LogP contribution in [-0.4, -0.2) is 20.6 Å². The second-order valence-corrected chi connectivity index (χ2v) is 6.65. The van der Waals surface area contributed by atoms with Crippen molar-refractivity contribution in [3.8, 4) is 22.7 Å². The maximum Gasteiger partial charge on any atom is 0.298 e. The van der Waals surface area contributed by atoms with Gasteiger partial charge in [0.1, 0.15) is 5.75 Å². The SMILES string of the molecule is CCOc1ccc(-c2cn3ccn(-c4cc(Cl)ccc4C)c(=O)c3n2)cc1. The van der Waals surface area contributed by atoms with E-state index in [1.807, 2.05) is 62.6 Å². The molecule has 0 aliphatic rings. The third-order valence-corrected chi connectivity index (χ3v) is 4.65. The summed E-state index contributed by atoms with van der Waals surface area (Å²) in [6.45, 7) is 4.51. The smallest absolute Gasteiger partial charge is 0.298 e. The van der Waals surface area contributed by atoms with E-state index >= 15 is 0 Å². The Morgan fingerprint density at radius 1 is 1.11 bits per heavy atom. The third kappa shape index (κ3) is 3.22. The summed E-state index contributed by atoms with van der Waals surface area (Å²) in [5.74, 6) is 0.809. The highest BCUT2D eigenvalue weighted by atomic mass is 35.5. The number of benzene rings is 2. The van der Waals surface area contributed by atoms with Crippen molar-refractivity contribution in [3.05, 3.63) is 82.0 Å². The third-order valence-electron chi connectivity index (χ3n) is 4.41. The number of hydrogen-bond acceptors (Lipinski definition) is 3. The molecule has 0 saturated heterocycles. The Bertz CT molecular complexity index is 1180. The van der Waals surface area contributed by atoms with Crippen molar-refractivity contribution in [2.45, 2.75) is 13.8 Å². The molecular formula is C21H18ClN3O2. The zero-order valence-corrected chi connectivity index (χ0v) is 15.8. The van der Waals surface area contributed by atoms with Gasteiger partial charge in [0.15, 0.2) is 0 Å². The summed E-state index contributed by atoms with van der Waals surface area (Å²) in [5.41, 5.74) is 3.54. The van der Waals surface area contributed by atoms with Gasteiger partial charge in [0.05, 0.1) is 18.0 Å². The Labute approximate surface area is 161 Å². The largest absolute Gasteiger partial charge is 0.494 e. The molecule has 0 radical (unpaired) electrons. The van der Waals surface area contributed by atoms with Gasteiger partial charge in [-0.05, 0) is 55.8 Å². The Morgan fingerprint density at radius 2 is 1.89 bits per heavy atom. The van der Waals surface area contributed by atoms with Gasteiger partial charge in [-0.1, -0.05) is 17.7 Å². The molecule has 0 amide bonds. The average molecular weight is 380 g/mol. The fraction of sp³-hybridized carbons (Fsp3) is 0.143. The number of fused-ring (bicyclic) bond motifs is 1. The standard InChI is InChI=1S/C21H18ClN3O2/c1-3-27-17-8-5-15(6-9-17)18-13-24-10-11-25(21(26)20(24)23-18)19-12-16(22)7-4-14(19)2/h4-13H,3H2,1-2H3. The normalized spacial score (nSPS) is 11.1. The highest BCUT2D eigenvalue weighted by Gasteiger charge is 2.12. The van der Waals surface area contributed by atoms with Gasteiger partial charge in [-0.2, -0.15) is 0 Å². The number of hydrogen-bond donors (Lipinski definition) is 0. The maximum atomic E-state index is 13.0. The van der Waals surface area contributed by atoms with Gasteiger partial charge in [0.25, 0.3) is 5.56 Å². The molecule has 0 unspecified atom stereocenters. The van der Waals surface area contributed by atoms with E-state index in [2.05, 4.69) is 4.98 Å². The van der Waals surface area contributed by atoms with E-state index in [1.54, 1.807) is 21.2 Å².